The number of ether oxygens (including phenoxy) is 3. The smallest absolute Gasteiger partial charge is 0.420 e. The van der Waals surface area contributed by atoms with Gasteiger partial charge in [0.25, 0.3) is 0 Å². The van der Waals surface area contributed by atoms with Gasteiger partial charge in [-0.2, -0.15) is 9.61 Å². The quantitative estimate of drug-likeness (QED) is 0.303. The monoisotopic (exact) mass is 569 g/mol. The number of likely N-dealkylation sites (tertiary alicyclic amines) is 1. The second-order valence-corrected chi connectivity index (χ2v) is 12.9. The van der Waals surface area contributed by atoms with Crippen molar-refractivity contribution in [3.8, 4) is 5.75 Å². The topological polar surface area (TPSA) is 98.5 Å². The number of carbonyl (C=O) groups is 2. The van der Waals surface area contributed by atoms with Gasteiger partial charge in [0.15, 0.2) is 5.65 Å². The van der Waals surface area contributed by atoms with Crippen molar-refractivity contribution in [1.82, 2.24) is 19.5 Å². The molecule has 0 saturated carbocycles. The third kappa shape index (κ3) is 7.59. The summed E-state index contributed by atoms with van der Waals surface area (Å²) in [5.74, 6) is 1.20. The lowest BCUT2D eigenvalue weighted by molar-refractivity contribution is 0.0220. The highest BCUT2D eigenvalue weighted by atomic mass is 32.2. The molecule has 0 spiro atoms. The molecular weight excluding hydrogens is 530 g/mol. The molecule has 10 nitrogen and oxygen atoms in total. The van der Waals surface area contributed by atoms with Crippen LogP contribution < -0.4 is 9.64 Å². The number of anilines is 2. The van der Waals surface area contributed by atoms with E-state index in [-0.39, 0.29) is 11.3 Å². The predicted molar refractivity (Wildman–Crippen MR) is 156 cm³/mol. The molecule has 1 atom stereocenters. The molecule has 1 fully saturated rings. The first-order valence-corrected chi connectivity index (χ1v) is 14.5. The lowest BCUT2D eigenvalue weighted by Gasteiger charge is -2.33. The Morgan fingerprint density at radius 1 is 1.05 bits per heavy atom. The highest BCUT2D eigenvalue weighted by molar-refractivity contribution is 7.99. The van der Waals surface area contributed by atoms with E-state index < -0.39 is 17.3 Å². The fourth-order valence-corrected chi connectivity index (χ4v) is 5.49. The molecular formula is C29H39N5O5S. The number of benzene rings is 1. The van der Waals surface area contributed by atoms with Gasteiger partial charge in [0.05, 0.1) is 18.5 Å². The summed E-state index contributed by atoms with van der Waals surface area (Å²) in [6.07, 6.45) is 2.61. The summed E-state index contributed by atoms with van der Waals surface area (Å²) in [6.45, 7) is 14.8. The third-order valence-electron chi connectivity index (χ3n) is 5.85. The van der Waals surface area contributed by atoms with Crippen LogP contribution in [0.1, 0.15) is 61.3 Å². The number of hydrogen-bond acceptors (Lipinski definition) is 8. The van der Waals surface area contributed by atoms with Gasteiger partial charge in [0.2, 0.25) is 0 Å². The van der Waals surface area contributed by atoms with Crippen LogP contribution in [0.15, 0.2) is 47.6 Å². The summed E-state index contributed by atoms with van der Waals surface area (Å²) in [7, 11) is 0. The number of carbonyl (C=O) groups excluding carboxylic acids is 2. The van der Waals surface area contributed by atoms with Crippen LogP contribution in [0.2, 0.25) is 0 Å². The van der Waals surface area contributed by atoms with Crippen molar-refractivity contribution in [2.45, 2.75) is 82.8 Å². The Balaban J connectivity index is 1.67. The molecule has 1 aromatic carbocycles. The highest BCUT2D eigenvalue weighted by Crippen LogP contribution is 2.35. The van der Waals surface area contributed by atoms with Crippen molar-refractivity contribution in [3.05, 3.63) is 42.6 Å². The molecule has 40 heavy (non-hydrogen) atoms. The van der Waals surface area contributed by atoms with Gasteiger partial charge in [-0.1, -0.05) is 0 Å². The molecule has 0 radical (unpaired) electrons. The Labute approximate surface area is 240 Å². The molecule has 3 aromatic rings. The standard InChI is InChI=1S/C29H39N5O5S/c1-8-37-21-13-11-20(12-14-21)33(27(36)39-29(5,6)7)25-18-24(31-23-15-16-30-34(23)25)40-22-10-9-17-32(19-22)26(35)38-28(2,3)4/h11-16,18,22H,8-10,17,19H2,1-7H3. The fraction of sp³-hybridized carbons (Fsp3) is 0.517. The maximum Gasteiger partial charge on any atom is 0.420 e. The molecule has 1 saturated heterocycles. The minimum atomic E-state index is -0.707. The van der Waals surface area contributed by atoms with Gasteiger partial charge >= 0.3 is 12.2 Å². The Bertz CT molecular complexity index is 1330. The van der Waals surface area contributed by atoms with E-state index in [2.05, 4.69) is 5.10 Å². The van der Waals surface area contributed by atoms with E-state index in [1.54, 1.807) is 33.4 Å². The van der Waals surface area contributed by atoms with Crippen molar-refractivity contribution in [2.75, 3.05) is 24.6 Å². The fourth-order valence-electron chi connectivity index (χ4n) is 4.29. The number of hydrogen-bond donors (Lipinski definition) is 0. The average Bonchev–Trinajstić information content (AvgIpc) is 3.32. The van der Waals surface area contributed by atoms with E-state index in [4.69, 9.17) is 19.2 Å². The van der Waals surface area contributed by atoms with Gasteiger partial charge in [-0.3, -0.25) is 0 Å². The van der Waals surface area contributed by atoms with Crippen LogP contribution in [0.5, 0.6) is 5.75 Å². The number of fused-ring (bicyclic) bond motifs is 1. The van der Waals surface area contributed by atoms with Crippen molar-refractivity contribution in [3.63, 3.8) is 0 Å². The number of aromatic nitrogens is 3. The molecule has 1 aliphatic rings. The molecule has 0 N–H and O–H groups in total. The second kappa shape index (κ2) is 12.0. The highest BCUT2D eigenvalue weighted by Gasteiger charge is 2.31. The molecule has 216 valence electrons. The lowest BCUT2D eigenvalue weighted by Crippen LogP contribution is -2.43. The number of thioether (sulfide) groups is 1. The van der Waals surface area contributed by atoms with Crippen LogP contribution >= 0.6 is 11.8 Å². The summed E-state index contributed by atoms with van der Waals surface area (Å²) >= 11 is 1.58. The third-order valence-corrected chi connectivity index (χ3v) is 7.01. The Morgan fingerprint density at radius 3 is 2.40 bits per heavy atom. The Kier molecular flexibility index (Phi) is 8.82. The summed E-state index contributed by atoms with van der Waals surface area (Å²) in [6, 6.07) is 10.9. The zero-order valence-electron chi connectivity index (χ0n) is 24.3. The van der Waals surface area contributed by atoms with Crippen molar-refractivity contribution < 1.29 is 23.8 Å². The van der Waals surface area contributed by atoms with E-state index in [1.807, 2.05) is 78.8 Å². The maximum absolute atomic E-state index is 13.6. The first-order chi connectivity index (χ1) is 18.8. The van der Waals surface area contributed by atoms with E-state index in [0.29, 0.717) is 42.6 Å². The Morgan fingerprint density at radius 2 is 1.75 bits per heavy atom. The molecule has 0 bridgehead atoms. The molecule has 2 amide bonds. The second-order valence-electron chi connectivity index (χ2n) is 11.6. The van der Waals surface area contributed by atoms with Gasteiger partial charge in [-0.05, 0) is 85.6 Å². The minimum Gasteiger partial charge on any atom is -0.494 e. The minimum absolute atomic E-state index is 0.118. The van der Waals surface area contributed by atoms with Crippen molar-refractivity contribution >= 4 is 41.1 Å². The van der Waals surface area contributed by atoms with E-state index in [9.17, 15) is 9.59 Å². The largest absolute Gasteiger partial charge is 0.494 e. The molecule has 3 heterocycles. The van der Waals surface area contributed by atoms with Crippen LogP contribution in [0, 0.1) is 0 Å². The lowest BCUT2D eigenvalue weighted by atomic mass is 10.1. The molecule has 0 aliphatic carbocycles. The number of rotatable bonds is 6. The number of nitrogens with zero attached hydrogens (tertiary/aromatic N) is 5. The van der Waals surface area contributed by atoms with Crippen LogP contribution in [0.4, 0.5) is 21.1 Å². The molecule has 11 heteroatoms. The van der Waals surface area contributed by atoms with Gasteiger partial charge in [-0.25, -0.2) is 19.5 Å². The normalized spacial score (nSPS) is 16.1. The molecule has 2 aromatic heterocycles. The molecule has 1 unspecified atom stereocenters. The van der Waals surface area contributed by atoms with Gasteiger partial charge in [-0.15, -0.1) is 11.8 Å². The summed E-state index contributed by atoms with van der Waals surface area (Å²) in [5, 5.41) is 5.29. The maximum atomic E-state index is 13.6. The summed E-state index contributed by atoms with van der Waals surface area (Å²) < 4.78 is 18.6. The number of amides is 2. The zero-order chi connectivity index (χ0) is 29.1. The Hall–Kier alpha value is -3.47. The van der Waals surface area contributed by atoms with Gasteiger partial charge in [0, 0.05) is 30.5 Å². The van der Waals surface area contributed by atoms with Crippen molar-refractivity contribution in [2.24, 2.45) is 0 Å². The average molecular weight is 570 g/mol. The summed E-state index contributed by atoms with van der Waals surface area (Å²) in [5.41, 5.74) is -0.0568. The van der Waals surface area contributed by atoms with E-state index >= 15 is 0 Å². The van der Waals surface area contributed by atoms with Gasteiger partial charge < -0.3 is 19.1 Å². The zero-order valence-corrected chi connectivity index (χ0v) is 25.2. The van der Waals surface area contributed by atoms with E-state index in [1.165, 1.54) is 4.90 Å². The van der Waals surface area contributed by atoms with Crippen LogP contribution in [0.25, 0.3) is 5.65 Å². The SMILES string of the molecule is CCOc1ccc(N(C(=O)OC(C)(C)C)c2cc(SC3CCCN(C(=O)OC(C)(C)C)C3)nc3ccnn23)cc1. The number of piperidine rings is 1. The predicted octanol–water partition coefficient (Wildman–Crippen LogP) is 6.69. The van der Waals surface area contributed by atoms with Crippen LogP contribution in [-0.2, 0) is 9.47 Å². The van der Waals surface area contributed by atoms with Crippen LogP contribution in [-0.4, -0.2) is 67.8 Å². The summed E-state index contributed by atoms with van der Waals surface area (Å²) in [4.78, 5) is 34.4. The first kappa shape index (κ1) is 29.5. The van der Waals surface area contributed by atoms with E-state index in [0.717, 1.165) is 17.9 Å². The van der Waals surface area contributed by atoms with Crippen molar-refractivity contribution in [1.29, 1.82) is 0 Å². The van der Waals surface area contributed by atoms with Crippen LogP contribution in [0.3, 0.4) is 0 Å². The van der Waals surface area contributed by atoms with Gasteiger partial charge in [0.1, 0.15) is 27.8 Å². The molecule has 1 aliphatic heterocycles. The first-order valence-electron chi connectivity index (χ1n) is 13.6. The molecule has 4 rings (SSSR count).